The van der Waals surface area contributed by atoms with Gasteiger partial charge in [-0.25, -0.2) is 4.39 Å². The highest BCUT2D eigenvalue weighted by molar-refractivity contribution is 9.10. The van der Waals surface area contributed by atoms with Crippen LogP contribution in [0.1, 0.15) is 24.1 Å². The van der Waals surface area contributed by atoms with Gasteiger partial charge in [0.1, 0.15) is 5.82 Å². The Balaban J connectivity index is 2.38. The van der Waals surface area contributed by atoms with Gasteiger partial charge in [0.25, 0.3) is 0 Å². The lowest BCUT2D eigenvalue weighted by atomic mass is 9.98. The van der Waals surface area contributed by atoms with Gasteiger partial charge < -0.3 is 5.32 Å². The van der Waals surface area contributed by atoms with E-state index in [1.165, 1.54) is 6.07 Å². The fourth-order valence-corrected chi connectivity index (χ4v) is 3.12. The summed E-state index contributed by atoms with van der Waals surface area (Å²) in [6, 6.07) is 10.3. The van der Waals surface area contributed by atoms with Crippen molar-refractivity contribution in [2.24, 2.45) is 0 Å². The molecule has 0 fully saturated rings. The molecule has 0 bridgehead atoms. The van der Waals surface area contributed by atoms with Crippen LogP contribution in [0, 0.1) is 5.82 Å². The minimum absolute atomic E-state index is 0.102. The second-order valence-electron chi connectivity index (χ2n) is 4.68. The third kappa shape index (κ3) is 4.19. The first kappa shape index (κ1) is 16.8. The Morgan fingerprint density at radius 1 is 1.19 bits per heavy atom. The van der Waals surface area contributed by atoms with Crippen molar-refractivity contribution in [2.45, 2.75) is 19.4 Å². The largest absolute Gasteiger partial charge is 0.310 e. The fourth-order valence-electron chi connectivity index (χ4n) is 2.25. The summed E-state index contributed by atoms with van der Waals surface area (Å²) in [6.07, 6.45) is 0.440. The summed E-state index contributed by atoms with van der Waals surface area (Å²) in [5.41, 5.74) is 1.42. The monoisotopic (exact) mass is 389 g/mol. The molecule has 0 saturated heterocycles. The Kier molecular flexibility index (Phi) is 6.06. The number of rotatable bonds is 5. The van der Waals surface area contributed by atoms with E-state index in [-0.39, 0.29) is 11.9 Å². The van der Waals surface area contributed by atoms with Gasteiger partial charge in [-0.3, -0.25) is 0 Å². The average molecular weight is 391 g/mol. The van der Waals surface area contributed by atoms with E-state index < -0.39 is 0 Å². The van der Waals surface area contributed by atoms with Gasteiger partial charge in [0.05, 0.1) is 0 Å². The van der Waals surface area contributed by atoms with E-state index in [1.54, 1.807) is 12.1 Å². The van der Waals surface area contributed by atoms with E-state index in [4.69, 9.17) is 23.2 Å². The maximum atomic E-state index is 14.0. The zero-order valence-corrected chi connectivity index (χ0v) is 14.6. The molecule has 112 valence electrons. The van der Waals surface area contributed by atoms with Gasteiger partial charge in [0.2, 0.25) is 0 Å². The lowest BCUT2D eigenvalue weighted by Gasteiger charge is -2.21. The molecule has 0 aliphatic heterocycles. The smallest absolute Gasteiger partial charge is 0.127 e. The van der Waals surface area contributed by atoms with Crippen molar-refractivity contribution in [1.29, 1.82) is 0 Å². The molecule has 1 N–H and O–H groups in total. The summed E-state index contributed by atoms with van der Waals surface area (Å²) in [5.74, 6) is -0.295. The topological polar surface area (TPSA) is 12.0 Å². The highest BCUT2D eigenvalue weighted by Gasteiger charge is 2.18. The van der Waals surface area contributed by atoms with Crippen LogP contribution in [0.3, 0.4) is 0 Å². The highest BCUT2D eigenvalue weighted by Crippen LogP contribution is 2.31. The van der Waals surface area contributed by atoms with E-state index in [0.717, 1.165) is 16.6 Å². The molecule has 2 rings (SSSR count). The molecule has 2 aromatic rings. The van der Waals surface area contributed by atoms with E-state index in [0.29, 0.717) is 22.0 Å². The zero-order chi connectivity index (χ0) is 15.4. The standard InChI is InChI=1S/C16H15BrCl2FN/c1-2-21-16(12-8-10(17)6-7-14(12)19)9-11-13(18)4-3-5-15(11)20/h3-8,16,21H,2,9H2,1H3. The van der Waals surface area contributed by atoms with Gasteiger partial charge in [-0.15, -0.1) is 0 Å². The predicted molar refractivity (Wildman–Crippen MR) is 90.7 cm³/mol. The summed E-state index contributed by atoms with van der Waals surface area (Å²) in [7, 11) is 0. The highest BCUT2D eigenvalue weighted by atomic mass is 79.9. The number of halogens is 4. The summed E-state index contributed by atoms with van der Waals surface area (Å²) in [6.45, 7) is 2.75. The second-order valence-corrected chi connectivity index (χ2v) is 6.41. The number of nitrogens with one attached hydrogen (secondary N) is 1. The zero-order valence-electron chi connectivity index (χ0n) is 11.5. The number of likely N-dealkylation sites (N-methyl/N-ethyl adjacent to an activating group) is 1. The first-order valence-electron chi connectivity index (χ1n) is 6.64. The van der Waals surface area contributed by atoms with Crippen LogP contribution < -0.4 is 5.32 Å². The molecule has 1 atom stereocenters. The molecule has 0 aliphatic rings. The van der Waals surface area contributed by atoms with Crippen molar-refractivity contribution in [1.82, 2.24) is 5.32 Å². The molecule has 1 unspecified atom stereocenters. The van der Waals surface area contributed by atoms with Crippen LogP contribution in [-0.2, 0) is 6.42 Å². The van der Waals surface area contributed by atoms with Gasteiger partial charge in [-0.05, 0) is 48.9 Å². The fraction of sp³-hybridized carbons (Fsp3) is 0.250. The molecule has 0 heterocycles. The van der Waals surface area contributed by atoms with E-state index in [1.807, 2.05) is 25.1 Å². The van der Waals surface area contributed by atoms with Gasteiger partial charge in [-0.1, -0.05) is 52.1 Å². The molecule has 0 radical (unpaired) electrons. The van der Waals surface area contributed by atoms with Crippen LogP contribution in [0.5, 0.6) is 0 Å². The molecule has 0 amide bonds. The van der Waals surface area contributed by atoms with Crippen LogP contribution >= 0.6 is 39.1 Å². The van der Waals surface area contributed by atoms with Gasteiger partial charge >= 0.3 is 0 Å². The van der Waals surface area contributed by atoms with Crippen LogP contribution in [0.2, 0.25) is 10.0 Å². The van der Waals surface area contributed by atoms with Crippen molar-refractivity contribution >= 4 is 39.1 Å². The lowest BCUT2D eigenvalue weighted by molar-refractivity contribution is 0.528. The molecular weight excluding hydrogens is 376 g/mol. The molecule has 0 aliphatic carbocycles. The van der Waals surface area contributed by atoms with E-state index >= 15 is 0 Å². The van der Waals surface area contributed by atoms with Crippen molar-refractivity contribution in [3.63, 3.8) is 0 Å². The molecule has 0 spiro atoms. The van der Waals surface area contributed by atoms with Crippen molar-refractivity contribution < 1.29 is 4.39 Å². The molecule has 0 aromatic heterocycles. The molecule has 21 heavy (non-hydrogen) atoms. The maximum Gasteiger partial charge on any atom is 0.127 e. The molecule has 1 nitrogen and oxygen atoms in total. The number of hydrogen-bond donors (Lipinski definition) is 1. The third-order valence-electron chi connectivity index (χ3n) is 3.25. The predicted octanol–water partition coefficient (Wildman–Crippen LogP) is 5.79. The SMILES string of the molecule is CCNC(Cc1c(F)cccc1Cl)c1cc(Br)ccc1Cl. The maximum absolute atomic E-state index is 14.0. The Hall–Kier alpha value is -0.610. The molecule has 2 aromatic carbocycles. The molecule has 0 saturated carbocycles. The minimum atomic E-state index is -0.295. The Morgan fingerprint density at radius 2 is 1.95 bits per heavy atom. The van der Waals surface area contributed by atoms with Crippen LogP contribution in [0.4, 0.5) is 4.39 Å². The normalized spacial score (nSPS) is 12.4. The molecule has 5 heteroatoms. The quantitative estimate of drug-likeness (QED) is 0.681. The third-order valence-corrected chi connectivity index (χ3v) is 4.45. The van der Waals surface area contributed by atoms with Crippen LogP contribution in [0.25, 0.3) is 0 Å². The summed E-state index contributed by atoms with van der Waals surface area (Å²) >= 11 is 15.9. The Morgan fingerprint density at radius 3 is 2.62 bits per heavy atom. The number of hydrogen-bond acceptors (Lipinski definition) is 1. The van der Waals surface area contributed by atoms with Crippen molar-refractivity contribution in [3.8, 4) is 0 Å². The summed E-state index contributed by atoms with van der Waals surface area (Å²) in [4.78, 5) is 0. The lowest BCUT2D eigenvalue weighted by Crippen LogP contribution is -2.24. The first-order chi connectivity index (χ1) is 10.0. The van der Waals surface area contributed by atoms with Gasteiger partial charge in [0, 0.05) is 26.1 Å². The second kappa shape index (κ2) is 7.59. The van der Waals surface area contributed by atoms with E-state index in [9.17, 15) is 4.39 Å². The summed E-state index contributed by atoms with van der Waals surface area (Å²) < 4.78 is 14.9. The van der Waals surface area contributed by atoms with Crippen molar-refractivity contribution in [2.75, 3.05) is 6.54 Å². The summed E-state index contributed by atoms with van der Waals surface area (Å²) in [5, 5.41) is 4.42. The van der Waals surface area contributed by atoms with Crippen molar-refractivity contribution in [3.05, 3.63) is 67.9 Å². The first-order valence-corrected chi connectivity index (χ1v) is 8.19. The van der Waals surface area contributed by atoms with Crippen LogP contribution in [0.15, 0.2) is 40.9 Å². The average Bonchev–Trinajstić information content (AvgIpc) is 2.44. The van der Waals surface area contributed by atoms with Gasteiger partial charge in [0.15, 0.2) is 0 Å². The van der Waals surface area contributed by atoms with E-state index in [2.05, 4.69) is 21.2 Å². The minimum Gasteiger partial charge on any atom is -0.310 e. The number of benzene rings is 2. The Labute approximate surface area is 142 Å². The van der Waals surface area contributed by atoms with Gasteiger partial charge in [-0.2, -0.15) is 0 Å². The Bertz CT molecular complexity index is 613. The van der Waals surface area contributed by atoms with Crippen LogP contribution in [-0.4, -0.2) is 6.54 Å². The molecular formula is C16H15BrCl2FN.